The Morgan fingerprint density at radius 1 is 0.889 bits per heavy atom. The zero-order valence-corrected chi connectivity index (χ0v) is 20.6. The van der Waals surface area contributed by atoms with Crippen LogP contribution in [-0.4, -0.2) is 20.9 Å². The molecule has 0 aliphatic rings. The number of benzene rings is 4. The van der Waals surface area contributed by atoms with Crippen LogP contribution in [0.5, 0.6) is 5.75 Å². The Hall–Kier alpha value is -4.45. The van der Waals surface area contributed by atoms with E-state index in [-0.39, 0.29) is 5.91 Å². The molecule has 1 aromatic heterocycles. The van der Waals surface area contributed by atoms with Gasteiger partial charge in [0.25, 0.3) is 5.91 Å². The van der Waals surface area contributed by atoms with E-state index in [4.69, 9.17) is 4.74 Å². The van der Waals surface area contributed by atoms with Crippen molar-refractivity contribution < 1.29 is 9.53 Å². The summed E-state index contributed by atoms with van der Waals surface area (Å²) >= 11 is 0. The van der Waals surface area contributed by atoms with Crippen LogP contribution in [0, 0.1) is 6.92 Å². The first-order valence-corrected chi connectivity index (χ1v) is 12.0. The van der Waals surface area contributed by atoms with Crippen molar-refractivity contribution in [2.24, 2.45) is 0 Å². The SMILES string of the molecule is Cc1cc2nn(-c3ccc(C(C)C)cc3)nc2cc1NC(=O)c1ccc(OCc2ccccc2)cc1. The molecule has 1 N–H and O–H groups in total. The minimum absolute atomic E-state index is 0.191. The Balaban J connectivity index is 1.29. The summed E-state index contributed by atoms with van der Waals surface area (Å²) in [6.07, 6.45) is 0. The van der Waals surface area contributed by atoms with E-state index >= 15 is 0 Å². The summed E-state index contributed by atoms with van der Waals surface area (Å²) < 4.78 is 5.82. The van der Waals surface area contributed by atoms with Crippen LogP contribution in [0.3, 0.4) is 0 Å². The van der Waals surface area contributed by atoms with Gasteiger partial charge < -0.3 is 10.1 Å². The molecule has 0 radical (unpaired) electrons. The monoisotopic (exact) mass is 476 g/mol. The second kappa shape index (κ2) is 10.0. The number of aryl methyl sites for hydroxylation is 1. The fraction of sp³-hybridized carbons (Fsp3) is 0.167. The lowest BCUT2D eigenvalue weighted by Crippen LogP contribution is -2.12. The smallest absolute Gasteiger partial charge is 0.255 e. The van der Waals surface area contributed by atoms with E-state index in [1.165, 1.54) is 5.56 Å². The van der Waals surface area contributed by atoms with Gasteiger partial charge in [-0.25, -0.2) is 0 Å². The van der Waals surface area contributed by atoms with Crippen LogP contribution in [0.25, 0.3) is 16.7 Å². The molecule has 0 atom stereocenters. The molecule has 6 nitrogen and oxygen atoms in total. The van der Waals surface area contributed by atoms with Crippen molar-refractivity contribution in [1.82, 2.24) is 15.0 Å². The molecule has 0 saturated carbocycles. The molecule has 0 spiro atoms. The topological polar surface area (TPSA) is 69.0 Å². The number of anilines is 1. The molecule has 0 aliphatic heterocycles. The highest BCUT2D eigenvalue weighted by Crippen LogP contribution is 2.24. The molecule has 0 saturated heterocycles. The van der Waals surface area contributed by atoms with Gasteiger partial charge in [-0.2, -0.15) is 4.80 Å². The number of nitrogens with one attached hydrogen (secondary N) is 1. The van der Waals surface area contributed by atoms with Gasteiger partial charge in [-0.05, 0) is 78.1 Å². The molecule has 0 unspecified atom stereocenters. The van der Waals surface area contributed by atoms with Crippen molar-refractivity contribution in [2.45, 2.75) is 33.3 Å². The van der Waals surface area contributed by atoms with Crippen LogP contribution in [0.4, 0.5) is 5.69 Å². The number of hydrogen-bond donors (Lipinski definition) is 1. The summed E-state index contributed by atoms with van der Waals surface area (Å²) in [6, 6.07) is 29.2. The van der Waals surface area contributed by atoms with Crippen LogP contribution in [0.2, 0.25) is 0 Å². The molecule has 180 valence electrons. The fourth-order valence-corrected chi connectivity index (χ4v) is 3.95. The van der Waals surface area contributed by atoms with Crippen molar-refractivity contribution in [2.75, 3.05) is 5.32 Å². The standard InChI is InChI=1S/C30H28N4O2/c1-20(2)23-9-13-25(14-10-23)34-32-28-17-21(3)27(18-29(28)33-34)31-30(35)24-11-15-26(16-12-24)36-19-22-7-5-4-6-8-22/h4-18,20H,19H2,1-3H3,(H,31,35). The third kappa shape index (κ3) is 5.13. The number of carbonyl (C=O) groups excluding carboxylic acids is 1. The molecular weight excluding hydrogens is 448 g/mol. The third-order valence-corrected chi connectivity index (χ3v) is 6.13. The number of ether oxygens (including phenoxy) is 1. The Morgan fingerprint density at radius 2 is 1.56 bits per heavy atom. The quantitative estimate of drug-likeness (QED) is 0.284. The first kappa shape index (κ1) is 23.3. The number of rotatable bonds is 7. The normalized spacial score (nSPS) is 11.1. The summed E-state index contributed by atoms with van der Waals surface area (Å²) in [6.45, 7) is 6.77. The van der Waals surface area contributed by atoms with Crippen molar-refractivity contribution in [3.63, 3.8) is 0 Å². The highest BCUT2D eigenvalue weighted by atomic mass is 16.5. The number of hydrogen-bond acceptors (Lipinski definition) is 4. The molecule has 1 heterocycles. The highest BCUT2D eigenvalue weighted by molar-refractivity contribution is 6.05. The van der Waals surface area contributed by atoms with Crippen molar-refractivity contribution >= 4 is 22.6 Å². The minimum Gasteiger partial charge on any atom is -0.489 e. The third-order valence-electron chi connectivity index (χ3n) is 6.13. The summed E-state index contributed by atoms with van der Waals surface area (Å²) in [4.78, 5) is 14.5. The first-order valence-electron chi connectivity index (χ1n) is 12.0. The summed E-state index contributed by atoms with van der Waals surface area (Å²) in [5.41, 5.74) is 6.93. The van der Waals surface area contributed by atoms with Crippen LogP contribution in [-0.2, 0) is 6.61 Å². The Morgan fingerprint density at radius 3 is 2.22 bits per heavy atom. The Kier molecular flexibility index (Phi) is 6.50. The van der Waals surface area contributed by atoms with E-state index in [9.17, 15) is 4.79 Å². The lowest BCUT2D eigenvalue weighted by atomic mass is 10.0. The van der Waals surface area contributed by atoms with E-state index in [2.05, 4.69) is 41.5 Å². The van der Waals surface area contributed by atoms with Gasteiger partial charge >= 0.3 is 0 Å². The van der Waals surface area contributed by atoms with Crippen molar-refractivity contribution in [3.8, 4) is 11.4 Å². The minimum atomic E-state index is -0.191. The summed E-state index contributed by atoms with van der Waals surface area (Å²) in [7, 11) is 0. The van der Waals surface area contributed by atoms with Crippen LogP contribution < -0.4 is 10.1 Å². The fourth-order valence-electron chi connectivity index (χ4n) is 3.95. The second-order valence-corrected chi connectivity index (χ2v) is 9.14. The van der Waals surface area contributed by atoms with Gasteiger partial charge in [-0.15, -0.1) is 10.2 Å². The van der Waals surface area contributed by atoms with Crippen LogP contribution >= 0.6 is 0 Å². The predicted octanol–water partition coefficient (Wildman–Crippen LogP) is 6.68. The van der Waals surface area contributed by atoms with Gasteiger partial charge in [-0.1, -0.05) is 56.3 Å². The molecule has 5 aromatic rings. The summed E-state index contributed by atoms with van der Waals surface area (Å²) in [5, 5.41) is 12.3. The molecular formula is C30H28N4O2. The Bertz CT molecular complexity index is 1490. The lowest BCUT2D eigenvalue weighted by molar-refractivity contribution is 0.102. The Labute approximate surface area is 210 Å². The molecule has 36 heavy (non-hydrogen) atoms. The maximum absolute atomic E-state index is 12.9. The number of nitrogens with zero attached hydrogens (tertiary/aromatic N) is 3. The number of aromatic nitrogens is 3. The van der Waals surface area contributed by atoms with Crippen molar-refractivity contribution in [1.29, 1.82) is 0 Å². The zero-order valence-electron chi connectivity index (χ0n) is 20.6. The average Bonchev–Trinajstić information content (AvgIpc) is 3.31. The van der Waals surface area contributed by atoms with Gasteiger partial charge in [0.05, 0.1) is 5.69 Å². The largest absolute Gasteiger partial charge is 0.489 e. The maximum atomic E-state index is 12.9. The van der Waals surface area contributed by atoms with E-state index in [1.807, 2.05) is 73.7 Å². The molecule has 0 fully saturated rings. The predicted molar refractivity (Wildman–Crippen MR) is 143 cm³/mol. The van der Waals surface area contributed by atoms with E-state index in [0.29, 0.717) is 35.0 Å². The van der Waals surface area contributed by atoms with Crippen LogP contribution in [0.1, 0.15) is 46.8 Å². The van der Waals surface area contributed by atoms with Gasteiger partial charge in [0, 0.05) is 11.3 Å². The van der Waals surface area contributed by atoms with E-state index in [1.54, 1.807) is 16.9 Å². The molecule has 5 rings (SSSR count). The molecule has 1 amide bonds. The first-order chi connectivity index (χ1) is 17.5. The number of fused-ring (bicyclic) bond motifs is 1. The highest BCUT2D eigenvalue weighted by Gasteiger charge is 2.12. The molecule has 0 aliphatic carbocycles. The van der Waals surface area contributed by atoms with Crippen LogP contribution in [0.15, 0.2) is 91.0 Å². The van der Waals surface area contributed by atoms with Gasteiger partial charge in [0.15, 0.2) is 0 Å². The molecule has 6 heteroatoms. The molecule has 0 bridgehead atoms. The maximum Gasteiger partial charge on any atom is 0.255 e. The second-order valence-electron chi connectivity index (χ2n) is 9.14. The number of carbonyl (C=O) groups is 1. The van der Waals surface area contributed by atoms with Gasteiger partial charge in [0.1, 0.15) is 23.4 Å². The lowest BCUT2D eigenvalue weighted by Gasteiger charge is -2.10. The van der Waals surface area contributed by atoms with Gasteiger partial charge in [-0.3, -0.25) is 4.79 Å². The number of amides is 1. The van der Waals surface area contributed by atoms with Gasteiger partial charge in [0.2, 0.25) is 0 Å². The van der Waals surface area contributed by atoms with Crippen molar-refractivity contribution in [3.05, 3.63) is 113 Å². The average molecular weight is 477 g/mol. The van der Waals surface area contributed by atoms with E-state index in [0.717, 1.165) is 22.3 Å². The summed E-state index contributed by atoms with van der Waals surface area (Å²) in [5.74, 6) is 0.991. The molecule has 4 aromatic carbocycles. The zero-order chi connectivity index (χ0) is 25.1. The van der Waals surface area contributed by atoms with E-state index < -0.39 is 0 Å².